The molecule has 0 aliphatic rings. The van der Waals surface area contributed by atoms with E-state index in [0.717, 1.165) is 5.56 Å². The fourth-order valence-corrected chi connectivity index (χ4v) is 1.81. The standard InChI is InChI=1S/C14H12ClFN2O2/c15-13-7-9(14(17)18-19)1-2-10(13)8-20-12-5-3-11(16)4-6-12/h1-7,19H,8H2,(H2,17,18). The number of nitrogens with zero attached hydrogens (tertiary/aromatic N) is 1. The summed E-state index contributed by atoms with van der Waals surface area (Å²) in [5, 5.41) is 11.9. The molecule has 0 amide bonds. The van der Waals surface area contributed by atoms with E-state index >= 15 is 0 Å². The van der Waals surface area contributed by atoms with E-state index in [-0.39, 0.29) is 18.3 Å². The van der Waals surface area contributed by atoms with Gasteiger partial charge in [0.15, 0.2) is 5.84 Å². The van der Waals surface area contributed by atoms with E-state index in [1.807, 2.05) is 0 Å². The van der Waals surface area contributed by atoms with Gasteiger partial charge >= 0.3 is 0 Å². The molecule has 0 fully saturated rings. The monoisotopic (exact) mass is 294 g/mol. The number of halogens is 2. The van der Waals surface area contributed by atoms with Crippen LogP contribution in [0.1, 0.15) is 11.1 Å². The number of rotatable bonds is 4. The van der Waals surface area contributed by atoms with Gasteiger partial charge in [0.2, 0.25) is 0 Å². The molecular formula is C14H12ClFN2O2. The van der Waals surface area contributed by atoms with Gasteiger partial charge in [-0.25, -0.2) is 4.39 Å². The van der Waals surface area contributed by atoms with Crippen molar-refractivity contribution in [3.8, 4) is 5.75 Å². The van der Waals surface area contributed by atoms with Crippen LogP contribution in [0.2, 0.25) is 5.02 Å². The van der Waals surface area contributed by atoms with Gasteiger partial charge in [0.05, 0.1) is 0 Å². The van der Waals surface area contributed by atoms with Gasteiger partial charge in [-0.05, 0) is 30.3 Å². The maximum atomic E-state index is 12.7. The predicted octanol–water partition coefficient (Wildman–Crippen LogP) is 3.15. The molecule has 0 spiro atoms. The molecule has 0 aromatic heterocycles. The minimum absolute atomic E-state index is 0.0158. The van der Waals surface area contributed by atoms with Crippen molar-refractivity contribution in [2.24, 2.45) is 10.9 Å². The van der Waals surface area contributed by atoms with E-state index in [9.17, 15) is 4.39 Å². The van der Waals surface area contributed by atoms with E-state index in [2.05, 4.69) is 5.16 Å². The molecule has 0 radical (unpaired) electrons. The SMILES string of the molecule is N/C(=N/O)c1ccc(COc2ccc(F)cc2)c(Cl)c1. The molecule has 2 rings (SSSR count). The summed E-state index contributed by atoms with van der Waals surface area (Å²) in [7, 11) is 0. The maximum absolute atomic E-state index is 12.7. The van der Waals surface area contributed by atoms with Crippen molar-refractivity contribution in [1.29, 1.82) is 0 Å². The van der Waals surface area contributed by atoms with Crippen molar-refractivity contribution in [3.05, 3.63) is 64.4 Å². The third kappa shape index (κ3) is 3.39. The van der Waals surface area contributed by atoms with E-state index in [1.54, 1.807) is 18.2 Å². The predicted molar refractivity (Wildman–Crippen MR) is 74.7 cm³/mol. The summed E-state index contributed by atoms with van der Waals surface area (Å²) in [5.41, 5.74) is 6.72. The number of nitrogens with two attached hydrogens (primary N) is 1. The van der Waals surface area contributed by atoms with Gasteiger partial charge in [0.1, 0.15) is 18.2 Å². The van der Waals surface area contributed by atoms with Crippen molar-refractivity contribution in [1.82, 2.24) is 0 Å². The van der Waals surface area contributed by atoms with Crippen LogP contribution in [0.3, 0.4) is 0 Å². The lowest BCUT2D eigenvalue weighted by atomic mass is 10.1. The summed E-state index contributed by atoms with van der Waals surface area (Å²) in [6.45, 7) is 0.237. The van der Waals surface area contributed by atoms with Gasteiger partial charge in [0.25, 0.3) is 0 Å². The van der Waals surface area contributed by atoms with Gasteiger partial charge < -0.3 is 15.7 Å². The molecule has 0 saturated carbocycles. The lowest BCUT2D eigenvalue weighted by Gasteiger charge is -2.09. The topological polar surface area (TPSA) is 67.8 Å². The smallest absolute Gasteiger partial charge is 0.170 e. The summed E-state index contributed by atoms with van der Waals surface area (Å²) in [6.07, 6.45) is 0. The number of hydrogen-bond acceptors (Lipinski definition) is 3. The summed E-state index contributed by atoms with van der Waals surface area (Å²) < 4.78 is 18.2. The Kier molecular flexibility index (Phi) is 4.42. The average molecular weight is 295 g/mol. The Labute approximate surface area is 120 Å². The van der Waals surface area contributed by atoms with E-state index in [1.165, 1.54) is 24.3 Å². The van der Waals surface area contributed by atoms with Gasteiger partial charge in [-0.1, -0.05) is 28.9 Å². The molecule has 0 aliphatic heterocycles. The summed E-state index contributed by atoms with van der Waals surface area (Å²) in [4.78, 5) is 0. The molecule has 3 N–H and O–H groups in total. The van der Waals surface area contributed by atoms with Gasteiger partial charge in [-0.2, -0.15) is 0 Å². The molecule has 2 aromatic rings. The second kappa shape index (κ2) is 6.25. The third-order valence-electron chi connectivity index (χ3n) is 2.66. The Balaban J connectivity index is 2.08. The van der Waals surface area contributed by atoms with Crippen LogP contribution in [-0.2, 0) is 6.61 Å². The minimum Gasteiger partial charge on any atom is -0.489 e. The minimum atomic E-state index is -0.321. The highest BCUT2D eigenvalue weighted by Gasteiger charge is 2.06. The lowest BCUT2D eigenvalue weighted by molar-refractivity contribution is 0.306. The highest BCUT2D eigenvalue weighted by Crippen LogP contribution is 2.20. The Morgan fingerprint density at radius 1 is 1.25 bits per heavy atom. The molecule has 0 atom stereocenters. The summed E-state index contributed by atoms with van der Waals surface area (Å²) in [5.74, 6) is 0.208. The normalized spacial score (nSPS) is 11.4. The molecule has 6 heteroatoms. The molecule has 0 saturated heterocycles. The van der Waals surface area contributed by atoms with Crippen molar-refractivity contribution < 1.29 is 14.3 Å². The van der Waals surface area contributed by atoms with Crippen molar-refractivity contribution in [2.75, 3.05) is 0 Å². The van der Waals surface area contributed by atoms with Crippen molar-refractivity contribution in [3.63, 3.8) is 0 Å². The number of hydrogen-bond donors (Lipinski definition) is 2. The molecular weight excluding hydrogens is 283 g/mol. The van der Waals surface area contributed by atoms with Crippen LogP contribution in [0, 0.1) is 5.82 Å². The Morgan fingerprint density at radius 3 is 2.55 bits per heavy atom. The second-order valence-electron chi connectivity index (χ2n) is 4.03. The van der Waals surface area contributed by atoms with Crippen LogP contribution in [0.25, 0.3) is 0 Å². The van der Waals surface area contributed by atoms with Crippen LogP contribution in [0.5, 0.6) is 5.75 Å². The molecule has 0 heterocycles. The third-order valence-corrected chi connectivity index (χ3v) is 3.02. The van der Waals surface area contributed by atoms with Crippen LogP contribution < -0.4 is 10.5 Å². The van der Waals surface area contributed by atoms with E-state index < -0.39 is 0 Å². The van der Waals surface area contributed by atoms with E-state index in [0.29, 0.717) is 16.3 Å². The van der Waals surface area contributed by atoms with Gasteiger partial charge in [-0.15, -0.1) is 0 Å². The number of ether oxygens (including phenoxy) is 1. The van der Waals surface area contributed by atoms with Gasteiger partial charge in [0, 0.05) is 16.1 Å². The number of benzene rings is 2. The molecule has 0 aliphatic carbocycles. The first-order valence-electron chi connectivity index (χ1n) is 5.75. The first-order valence-corrected chi connectivity index (χ1v) is 6.12. The Morgan fingerprint density at radius 2 is 1.95 bits per heavy atom. The van der Waals surface area contributed by atoms with Crippen LogP contribution in [0.4, 0.5) is 4.39 Å². The molecule has 20 heavy (non-hydrogen) atoms. The quantitative estimate of drug-likeness (QED) is 0.394. The van der Waals surface area contributed by atoms with Crippen LogP contribution in [0.15, 0.2) is 47.6 Å². The Bertz CT molecular complexity index is 630. The highest BCUT2D eigenvalue weighted by atomic mass is 35.5. The van der Waals surface area contributed by atoms with E-state index in [4.69, 9.17) is 27.3 Å². The second-order valence-corrected chi connectivity index (χ2v) is 4.44. The van der Waals surface area contributed by atoms with Crippen molar-refractivity contribution in [2.45, 2.75) is 6.61 Å². The molecule has 2 aromatic carbocycles. The zero-order chi connectivity index (χ0) is 14.5. The largest absolute Gasteiger partial charge is 0.489 e. The number of oxime groups is 1. The zero-order valence-electron chi connectivity index (χ0n) is 10.4. The first-order chi connectivity index (χ1) is 9.60. The zero-order valence-corrected chi connectivity index (χ0v) is 11.1. The Hall–Kier alpha value is -2.27. The average Bonchev–Trinajstić information content (AvgIpc) is 2.46. The molecule has 0 bridgehead atoms. The first kappa shape index (κ1) is 14.1. The van der Waals surface area contributed by atoms with Crippen molar-refractivity contribution >= 4 is 17.4 Å². The highest BCUT2D eigenvalue weighted by molar-refractivity contribution is 6.31. The van der Waals surface area contributed by atoms with Gasteiger partial charge in [-0.3, -0.25) is 0 Å². The number of amidine groups is 1. The fraction of sp³-hybridized carbons (Fsp3) is 0.0714. The molecule has 104 valence electrons. The lowest BCUT2D eigenvalue weighted by Crippen LogP contribution is -2.13. The van der Waals surface area contributed by atoms with Crippen LogP contribution in [-0.4, -0.2) is 11.0 Å². The van der Waals surface area contributed by atoms with Crippen LogP contribution >= 0.6 is 11.6 Å². The summed E-state index contributed by atoms with van der Waals surface area (Å²) in [6, 6.07) is 10.7. The summed E-state index contributed by atoms with van der Waals surface area (Å²) >= 11 is 6.09. The fourth-order valence-electron chi connectivity index (χ4n) is 1.57. The maximum Gasteiger partial charge on any atom is 0.170 e. The molecule has 0 unspecified atom stereocenters. The molecule has 4 nitrogen and oxygen atoms in total.